The van der Waals surface area contributed by atoms with Gasteiger partial charge in [0.1, 0.15) is 12.1 Å². The van der Waals surface area contributed by atoms with Crippen LogP contribution in [0.15, 0.2) is 60.2 Å². The van der Waals surface area contributed by atoms with Crippen LogP contribution in [0.4, 0.5) is 0 Å². The number of thioether (sulfide) groups is 1. The SMILES string of the molecule is CSCC[C@H](NC(=O)[C@@H]1Cc2c([nH]c3ccccc23)C2c3ccccc3C(=O)N21)C(=O)NCCC1=CCCCC1. The summed E-state index contributed by atoms with van der Waals surface area (Å²) in [7, 11) is 0. The predicted molar refractivity (Wildman–Crippen MR) is 159 cm³/mol. The molecule has 2 aromatic carbocycles. The van der Waals surface area contributed by atoms with Crippen molar-refractivity contribution in [1.29, 1.82) is 0 Å². The van der Waals surface area contributed by atoms with E-state index in [2.05, 4.69) is 27.8 Å². The van der Waals surface area contributed by atoms with Gasteiger partial charge in [0, 0.05) is 35.1 Å². The Hall–Kier alpha value is -3.52. The summed E-state index contributed by atoms with van der Waals surface area (Å²) in [4.78, 5) is 46.2. The lowest BCUT2D eigenvalue weighted by atomic mass is 9.89. The topological polar surface area (TPSA) is 94.3 Å². The largest absolute Gasteiger partial charge is 0.356 e. The first-order valence-corrected chi connectivity index (χ1v) is 15.7. The van der Waals surface area contributed by atoms with E-state index in [-0.39, 0.29) is 23.8 Å². The molecular weight excluding hydrogens is 520 g/mol. The van der Waals surface area contributed by atoms with Crippen LogP contribution in [0, 0.1) is 0 Å². The number of nitrogens with one attached hydrogen (secondary N) is 3. The fourth-order valence-corrected chi connectivity index (χ4v) is 6.98. The highest BCUT2D eigenvalue weighted by atomic mass is 32.2. The van der Waals surface area contributed by atoms with Crippen molar-refractivity contribution >= 4 is 40.4 Å². The highest BCUT2D eigenvalue weighted by molar-refractivity contribution is 7.98. The van der Waals surface area contributed by atoms with Crippen LogP contribution in [0.25, 0.3) is 10.9 Å². The number of benzene rings is 2. The molecule has 3 heterocycles. The lowest BCUT2D eigenvalue weighted by molar-refractivity contribution is -0.132. The number of fused-ring (bicyclic) bond motifs is 7. The molecule has 0 fully saturated rings. The molecule has 0 bridgehead atoms. The highest BCUT2D eigenvalue weighted by Gasteiger charge is 2.49. The van der Waals surface area contributed by atoms with E-state index in [0.717, 1.165) is 52.7 Å². The summed E-state index contributed by atoms with van der Waals surface area (Å²) in [6.07, 6.45) is 10.8. The number of amides is 3. The summed E-state index contributed by atoms with van der Waals surface area (Å²) in [5.74, 6) is 0.168. The number of carbonyl (C=O) groups is 3. The number of aromatic amines is 1. The number of carbonyl (C=O) groups excluding carboxylic acids is 3. The molecule has 1 aliphatic carbocycles. The summed E-state index contributed by atoms with van der Waals surface area (Å²) in [6.45, 7) is 0.570. The van der Waals surface area contributed by atoms with Gasteiger partial charge in [-0.15, -0.1) is 0 Å². The van der Waals surface area contributed by atoms with Crippen LogP contribution >= 0.6 is 11.8 Å². The Morgan fingerprint density at radius 2 is 1.95 bits per heavy atom. The average molecular weight is 557 g/mol. The van der Waals surface area contributed by atoms with Gasteiger partial charge in [0.15, 0.2) is 0 Å². The zero-order chi connectivity index (χ0) is 27.6. The maximum Gasteiger partial charge on any atom is 0.255 e. The lowest BCUT2D eigenvalue weighted by Crippen LogP contribution is -2.56. The molecule has 3 aliphatic rings. The van der Waals surface area contributed by atoms with Gasteiger partial charge in [-0.3, -0.25) is 14.4 Å². The molecular formula is C32H36N4O3S. The lowest BCUT2D eigenvalue weighted by Gasteiger charge is -2.37. The van der Waals surface area contributed by atoms with Crippen LogP contribution in [-0.2, 0) is 16.0 Å². The standard InChI is InChI=1S/C32H36N4O3S/c1-40-18-16-26(30(37)33-17-15-20-9-3-2-4-10-20)35-31(38)27-19-24-21-11-7-8-14-25(21)34-28(24)29-22-12-5-6-13-23(22)32(39)36(27)29/h5-9,11-14,26-27,29,34H,2-4,10,15-19H2,1H3,(H,33,37)(H,35,38)/t26-,27-,29?/m0/s1. The Morgan fingerprint density at radius 1 is 1.12 bits per heavy atom. The van der Waals surface area contributed by atoms with E-state index in [0.29, 0.717) is 24.9 Å². The number of aromatic nitrogens is 1. The molecule has 0 saturated carbocycles. The van der Waals surface area contributed by atoms with Gasteiger partial charge in [0.05, 0.1) is 6.04 Å². The molecule has 3 aromatic rings. The summed E-state index contributed by atoms with van der Waals surface area (Å²) >= 11 is 1.65. The quantitative estimate of drug-likeness (QED) is 0.328. The van der Waals surface area contributed by atoms with E-state index in [4.69, 9.17) is 0 Å². The smallest absolute Gasteiger partial charge is 0.255 e. The second kappa shape index (κ2) is 11.5. The molecule has 3 atom stereocenters. The summed E-state index contributed by atoms with van der Waals surface area (Å²) in [6, 6.07) is 14.0. The first kappa shape index (κ1) is 26.7. The maximum atomic E-state index is 14.0. The van der Waals surface area contributed by atoms with Gasteiger partial charge in [-0.2, -0.15) is 11.8 Å². The fraction of sp³-hybridized carbons (Fsp3) is 0.406. The third kappa shape index (κ3) is 4.94. The summed E-state index contributed by atoms with van der Waals surface area (Å²) in [5.41, 5.74) is 5.98. The summed E-state index contributed by atoms with van der Waals surface area (Å²) < 4.78 is 0. The average Bonchev–Trinajstić information content (AvgIpc) is 3.50. The van der Waals surface area contributed by atoms with Crippen LogP contribution in [0.3, 0.4) is 0 Å². The molecule has 3 N–H and O–H groups in total. The zero-order valence-corrected chi connectivity index (χ0v) is 23.7. The van der Waals surface area contributed by atoms with Gasteiger partial charge in [-0.1, -0.05) is 48.0 Å². The van der Waals surface area contributed by atoms with Crippen molar-refractivity contribution in [2.75, 3.05) is 18.6 Å². The van der Waals surface area contributed by atoms with E-state index in [1.54, 1.807) is 16.7 Å². The third-order valence-corrected chi connectivity index (χ3v) is 9.17. The molecule has 8 heteroatoms. The molecule has 3 amide bonds. The minimum Gasteiger partial charge on any atom is -0.356 e. The first-order chi connectivity index (χ1) is 19.6. The second-order valence-corrected chi connectivity index (χ2v) is 12.0. The van der Waals surface area contributed by atoms with Crippen molar-refractivity contribution in [2.24, 2.45) is 0 Å². The molecule has 208 valence electrons. The minimum absolute atomic E-state index is 0.143. The van der Waals surface area contributed by atoms with Crippen molar-refractivity contribution in [3.05, 3.63) is 82.6 Å². The number of allylic oxidation sites excluding steroid dienone is 1. The van der Waals surface area contributed by atoms with Crippen molar-refractivity contribution in [3.63, 3.8) is 0 Å². The third-order valence-electron chi connectivity index (χ3n) is 8.53. The Labute approximate surface area is 239 Å². The molecule has 40 heavy (non-hydrogen) atoms. The molecule has 7 nitrogen and oxygen atoms in total. The van der Waals surface area contributed by atoms with E-state index in [1.807, 2.05) is 48.7 Å². The monoisotopic (exact) mass is 556 g/mol. The van der Waals surface area contributed by atoms with Crippen LogP contribution in [-0.4, -0.2) is 58.2 Å². The van der Waals surface area contributed by atoms with Gasteiger partial charge in [-0.25, -0.2) is 0 Å². The number of nitrogens with zero attached hydrogens (tertiary/aromatic N) is 1. The fourth-order valence-electron chi connectivity index (χ4n) is 6.51. The Bertz CT molecular complexity index is 1480. The van der Waals surface area contributed by atoms with Crippen molar-refractivity contribution < 1.29 is 14.4 Å². The zero-order valence-electron chi connectivity index (χ0n) is 22.9. The molecule has 6 rings (SSSR count). The highest BCUT2D eigenvalue weighted by Crippen LogP contribution is 2.46. The Kier molecular flexibility index (Phi) is 7.69. The second-order valence-electron chi connectivity index (χ2n) is 11.0. The van der Waals surface area contributed by atoms with E-state index < -0.39 is 12.1 Å². The van der Waals surface area contributed by atoms with Gasteiger partial charge in [0.25, 0.3) is 5.91 Å². The van der Waals surface area contributed by atoms with E-state index in [9.17, 15) is 14.4 Å². The molecule has 0 saturated heterocycles. The molecule has 0 spiro atoms. The van der Waals surface area contributed by atoms with Gasteiger partial charge < -0.3 is 20.5 Å². The van der Waals surface area contributed by atoms with Crippen LogP contribution in [0.2, 0.25) is 0 Å². The maximum absolute atomic E-state index is 14.0. The number of H-pyrrole nitrogens is 1. The molecule has 2 aliphatic heterocycles. The number of para-hydroxylation sites is 1. The van der Waals surface area contributed by atoms with Gasteiger partial charge >= 0.3 is 0 Å². The van der Waals surface area contributed by atoms with Crippen LogP contribution in [0.5, 0.6) is 0 Å². The van der Waals surface area contributed by atoms with Crippen molar-refractivity contribution in [3.8, 4) is 0 Å². The van der Waals surface area contributed by atoms with Crippen molar-refractivity contribution in [2.45, 2.75) is 63.1 Å². The van der Waals surface area contributed by atoms with Crippen molar-refractivity contribution in [1.82, 2.24) is 20.5 Å². The molecule has 0 radical (unpaired) electrons. The number of hydrogen-bond donors (Lipinski definition) is 3. The summed E-state index contributed by atoms with van der Waals surface area (Å²) in [5, 5.41) is 7.19. The first-order valence-electron chi connectivity index (χ1n) is 14.3. The Balaban J connectivity index is 1.25. The number of rotatable bonds is 9. The number of hydrogen-bond acceptors (Lipinski definition) is 4. The van der Waals surface area contributed by atoms with E-state index >= 15 is 0 Å². The Morgan fingerprint density at radius 3 is 2.77 bits per heavy atom. The normalized spacial score (nSPS) is 20.4. The predicted octanol–water partition coefficient (Wildman–Crippen LogP) is 4.88. The van der Waals surface area contributed by atoms with E-state index in [1.165, 1.54) is 18.4 Å². The van der Waals surface area contributed by atoms with Gasteiger partial charge in [0.2, 0.25) is 11.8 Å². The molecule has 1 unspecified atom stereocenters. The molecule has 1 aromatic heterocycles. The minimum atomic E-state index is -0.714. The van der Waals surface area contributed by atoms with Crippen LogP contribution < -0.4 is 10.6 Å². The van der Waals surface area contributed by atoms with Gasteiger partial charge in [-0.05, 0) is 73.8 Å². The van der Waals surface area contributed by atoms with Crippen LogP contribution in [0.1, 0.15) is 71.7 Å².